The number of hydrogen-bond acceptors (Lipinski definition) is 2. The molecule has 0 fully saturated rings. The van der Waals surface area contributed by atoms with Gasteiger partial charge in [0.05, 0.1) is 11.4 Å². The fourth-order valence-corrected chi connectivity index (χ4v) is 2.24. The Morgan fingerprint density at radius 1 is 0.800 bits per heavy atom. The Morgan fingerprint density at radius 2 is 1.50 bits per heavy atom. The first-order valence-corrected chi connectivity index (χ1v) is 7.12. The molecule has 2 heterocycles. The third kappa shape index (κ3) is 3.06. The van der Waals surface area contributed by atoms with Crippen LogP contribution in [-0.2, 0) is 10.8 Å². The van der Waals surface area contributed by atoms with Crippen molar-refractivity contribution in [3.63, 3.8) is 0 Å². The summed E-state index contributed by atoms with van der Waals surface area (Å²) in [4.78, 5) is 9.11. The van der Waals surface area contributed by atoms with Gasteiger partial charge in [0.15, 0.2) is 0 Å². The zero-order valence-electron chi connectivity index (χ0n) is 13.4. The van der Waals surface area contributed by atoms with Gasteiger partial charge in [-0.3, -0.25) is 9.97 Å². The molecule has 0 spiro atoms. The Morgan fingerprint density at radius 3 is 2.10 bits per heavy atom. The van der Waals surface area contributed by atoms with Gasteiger partial charge in [-0.15, -0.1) is 0 Å². The van der Waals surface area contributed by atoms with E-state index in [2.05, 4.69) is 69.7 Å². The standard InChI is InChI=1S/C18H24N2/c1-17(2,3)13-9-11-19-15(12-13)16-14(18(4,5)6)8-7-10-20-16/h7-12H,1-6H3. The second kappa shape index (κ2) is 5.01. The monoisotopic (exact) mass is 268 g/mol. The molecular formula is C18H24N2. The average Bonchev–Trinajstić information content (AvgIpc) is 2.37. The van der Waals surface area contributed by atoms with Gasteiger partial charge in [0.1, 0.15) is 0 Å². The molecule has 0 N–H and O–H groups in total. The van der Waals surface area contributed by atoms with Crippen molar-refractivity contribution in [3.8, 4) is 11.4 Å². The van der Waals surface area contributed by atoms with Crippen LogP contribution in [0.15, 0.2) is 36.7 Å². The molecule has 20 heavy (non-hydrogen) atoms. The van der Waals surface area contributed by atoms with E-state index in [4.69, 9.17) is 0 Å². The Labute approximate surface area is 122 Å². The molecule has 0 aliphatic heterocycles. The van der Waals surface area contributed by atoms with Gasteiger partial charge in [0, 0.05) is 12.4 Å². The van der Waals surface area contributed by atoms with Crippen LogP contribution >= 0.6 is 0 Å². The quantitative estimate of drug-likeness (QED) is 0.746. The summed E-state index contributed by atoms with van der Waals surface area (Å²) in [6.07, 6.45) is 3.73. The SMILES string of the molecule is CC(C)(C)c1ccnc(-c2ncccc2C(C)(C)C)c1. The first-order chi connectivity index (χ1) is 9.19. The summed E-state index contributed by atoms with van der Waals surface area (Å²) in [6.45, 7) is 13.3. The molecule has 0 aliphatic rings. The molecule has 0 atom stereocenters. The highest BCUT2D eigenvalue weighted by molar-refractivity contribution is 5.61. The molecule has 2 heteroatoms. The van der Waals surface area contributed by atoms with E-state index in [1.807, 2.05) is 18.5 Å². The van der Waals surface area contributed by atoms with E-state index in [1.165, 1.54) is 11.1 Å². The van der Waals surface area contributed by atoms with Crippen LogP contribution in [0.1, 0.15) is 52.7 Å². The Balaban J connectivity index is 2.59. The van der Waals surface area contributed by atoms with Crippen LogP contribution in [0.2, 0.25) is 0 Å². The van der Waals surface area contributed by atoms with Crippen molar-refractivity contribution < 1.29 is 0 Å². The summed E-state index contributed by atoms with van der Waals surface area (Å²) in [6, 6.07) is 8.40. The van der Waals surface area contributed by atoms with Gasteiger partial charge in [-0.2, -0.15) is 0 Å². The average molecular weight is 268 g/mol. The fraction of sp³-hybridized carbons (Fsp3) is 0.444. The maximum atomic E-state index is 4.58. The topological polar surface area (TPSA) is 25.8 Å². The summed E-state index contributed by atoms with van der Waals surface area (Å²) >= 11 is 0. The summed E-state index contributed by atoms with van der Waals surface area (Å²) in [5.41, 5.74) is 4.65. The van der Waals surface area contributed by atoms with Gasteiger partial charge in [-0.05, 0) is 40.2 Å². The lowest BCUT2D eigenvalue weighted by Crippen LogP contribution is -2.15. The second-order valence-electron chi connectivity index (χ2n) is 7.33. The van der Waals surface area contributed by atoms with Crippen LogP contribution in [0.5, 0.6) is 0 Å². The van der Waals surface area contributed by atoms with Crippen LogP contribution in [0.4, 0.5) is 0 Å². The molecule has 2 nitrogen and oxygen atoms in total. The smallest absolute Gasteiger partial charge is 0.0923 e. The molecule has 2 aromatic rings. The first kappa shape index (κ1) is 14.7. The highest BCUT2D eigenvalue weighted by atomic mass is 14.8. The Hall–Kier alpha value is -1.70. The van der Waals surface area contributed by atoms with Gasteiger partial charge in [0.25, 0.3) is 0 Å². The van der Waals surface area contributed by atoms with Gasteiger partial charge < -0.3 is 0 Å². The van der Waals surface area contributed by atoms with E-state index in [0.717, 1.165) is 11.4 Å². The van der Waals surface area contributed by atoms with Crippen molar-refractivity contribution in [1.82, 2.24) is 9.97 Å². The number of pyridine rings is 2. The van der Waals surface area contributed by atoms with Crippen molar-refractivity contribution in [3.05, 3.63) is 47.8 Å². The minimum Gasteiger partial charge on any atom is -0.255 e. The van der Waals surface area contributed by atoms with Crippen LogP contribution in [0, 0.1) is 0 Å². The maximum Gasteiger partial charge on any atom is 0.0923 e. The Kier molecular flexibility index (Phi) is 3.68. The van der Waals surface area contributed by atoms with E-state index in [0.29, 0.717) is 0 Å². The molecule has 106 valence electrons. The molecule has 0 aliphatic carbocycles. The first-order valence-electron chi connectivity index (χ1n) is 7.12. The van der Waals surface area contributed by atoms with Gasteiger partial charge >= 0.3 is 0 Å². The van der Waals surface area contributed by atoms with Crippen LogP contribution < -0.4 is 0 Å². The highest BCUT2D eigenvalue weighted by Crippen LogP contribution is 2.32. The minimum absolute atomic E-state index is 0.0585. The molecule has 0 unspecified atom stereocenters. The fourth-order valence-electron chi connectivity index (χ4n) is 2.24. The number of hydrogen-bond donors (Lipinski definition) is 0. The lowest BCUT2D eigenvalue weighted by atomic mass is 9.83. The predicted molar refractivity (Wildman–Crippen MR) is 84.9 cm³/mol. The molecule has 0 bridgehead atoms. The third-order valence-electron chi connectivity index (χ3n) is 3.48. The lowest BCUT2D eigenvalue weighted by molar-refractivity contribution is 0.586. The maximum absolute atomic E-state index is 4.58. The highest BCUT2D eigenvalue weighted by Gasteiger charge is 2.21. The van der Waals surface area contributed by atoms with Gasteiger partial charge in [0.2, 0.25) is 0 Å². The Bertz CT molecular complexity index is 601. The molecule has 0 radical (unpaired) electrons. The van der Waals surface area contributed by atoms with Gasteiger partial charge in [-0.1, -0.05) is 47.6 Å². The lowest BCUT2D eigenvalue weighted by Gasteiger charge is -2.23. The van der Waals surface area contributed by atoms with Crippen molar-refractivity contribution in [2.75, 3.05) is 0 Å². The van der Waals surface area contributed by atoms with Gasteiger partial charge in [-0.25, -0.2) is 0 Å². The normalized spacial score (nSPS) is 12.5. The van der Waals surface area contributed by atoms with Crippen molar-refractivity contribution in [1.29, 1.82) is 0 Å². The van der Waals surface area contributed by atoms with E-state index in [9.17, 15) is 0 Å². The van der Waals surface area contributed by atoms with Crippen LogP contribution in [0.3, 0.4) is 0 Å². The van der Waals surface area contributed by atoms with E-state index < -0.39 is 0 Å². The van der Waals surface area contributed by atoms with Crippen molar-refractivity contribution >= 4 is 0 Å². The predicted octanol–water partition coefficient (Wildman–Crippen LogP) is 4.74. The molecule has 0 amide bonds. The zero-order valence-corrected chi connectivity index (χ0v) is 13.4. The number of rotatable bonds is 1. The van der Waals surface area contributed by atoms with E-state index >= 15 is 0 Å². The number of nitrogens with zero attached hydrogens (tertiary/aromatic N) is 2. The summed E-state index contributed by atoms with van der Waals surface area (Å²) in [5.74, 6) is 0. The summed E-state index contributed by atoms with van der Waals surface area (Å²) in [7, 11) is 0. The third-order valence-corrected chi connectivity index (χ3v) is 3.48. The van der Waals surface area contributed by atoms with E-state index in [-0.39, 0.29) is 10.8 Å². The molecular weight excluding hydrogens is 244 g/mol. The molecule has 0 saturated heterocycles. The molecule has 0 saturated carbocycles. The molecule has 2 aromatic heterocycles. The van der Waals surface area contributed by atoms with Crippen LogP contribution in [-0.4, -0.2) is 9.97 Å². The largest absolute Gasteiger partial charge is 0.255 e. The second-order valence-corrected chi connectivity index (χ2v) is 7.33. The minimum atomic E-state index is 0.0585. The number of aromatic nitrogens is 2. The van der Waals surface area contributed by atoms with Crippen LogP contribution in [0.25, 0.3) is 11.4 Å². The summed E-state index contributed by atoms with van der Waals surface area (Å²) in [5, 5.41) is 0. The zero-order chi connectivity index (χ0) is 15.0. The van der Waals surface area contributed by atoms with Crippen molar-refractivity contribution in [2.45, 2.75) is 52.4 Å². The molecule has 2 rings (SSSR count). The molecule has 0 aromatic carbocycles. The van der Waals surface area contributed by atoms with Crippen molar-refractivity contribution in [2.24, 2.45) is 0 Å². The summed E-state index contributed by atoms with van der Waals surface area (Å²) < 4.78 is 0. The van der Waals surface area contributed by atoms with E-state index in [1.54, 1.807) is 0 Å².